The molecule has 1 rings (SSSR count). The summed E-state index contributed by atoms with van der Waals surface area (Å²) in [5.41, 5.74) is 1.04. The molecule has 0 aliphatic rings. The van der Waals surface area contributed by atoms with Crippen LogP contribution in [0, 0.1) is 0 Å². The van der Waals surface area contributed by atoms with Crippen molar-refractivity contribution in [3.8, 4) is 0 Å². The van der Waals surface area contributed by atoms with E-state index in [-0.39, 0.29) is 0 Å². The molecule has 0 bridgehead atoms. The second kappa shape index (κ2) is 5.49. The van der Waals surface area contributed by atoms with Crippen LogP contribution in [0.25, 0.3) is 0 Å². The summed E-state index contributed by atoms with van der Waals surface area (Å²) in [5, 5.41) is 3.12. The third-order valence-electron chi connectivity index (χ3n) is 1.55. The first-order chi connectivity index (χ1) is 6.33. The van der Waals surface area contributed by atoms with Gasteiger partial charge in [-0.05, 0) is 24.6 Å². The Labute approximate surface area is 84.5 Å². The van der Waals surface area contributed by atoms with Crippen molar-refractivity contribution in [1.82, 2.24) is 0 Å². The van der Waals surface area contributed by atoms with Crippen molar-refractivity contribution in [2.75, 3.05) is 5.32 Å². The van der Waals surface area contributed by atoms with Gasteiger partial charge < -0.3 is 5.32 Å². The smallest absolute Gasteiger partial charge is 0.103 e. The molecule has 0 amide bonds. The molecule has 0 aliphatic heterocycles. The van der Waals surface area contributed by atoms with Crippen LogP contribution in [0.2, 0.25) is 0 Å². The van der Waals surface area contributed by atoms with Crippen molar-refractivity contribution in [2.24, 2.45) is 0 Å². The van der Waals surface area contributed by atoms with Crippen molar-refractivity contribution in [3.63, 3.8) is 0 Å². The highest BCUT2D eigenvalue weighted by atomic mass is 32.1. The number of rotatable bonds is 3. The van der Waals surface area contributed by atoms with Crippen molar-refractivity contribution in [2.45, 2.75) is 13.3 Å². The summed E-state index contributed by atoms with van der Waals surface area (Å²) in [6.45, 7) is 2.08. The molecule has 68 valence electrons. The van der Waals surface area contributed by atoms with Gasteiger partial charge in [0.1, 0.15) is 4.99 Å². The number of benzene rings is 1. The van der Waals surface area contributed by atoms with Gasteiger partial charge in [-0.15, -0.1) is 0 Å². The molecule has 0 aliphatic carbocycles. The Kier molecular flexibility index (Phi) is 4.19. The summed E-state index contributed by atoms with van der Waals surface area (Å²) in [6, 6.07) is 9.93. The van der Waals surface area contributed by atoms with E-state index in [9.17, 15) is 0 Å². The number of allylic oxidation sites excluding steroid dienone is 1. The van der Waals surface area contributed by atoms with Crippen molar-refractivity contribution in [1.29, 1.82) is 0 Å². The predicted molar refractivity (Wildman–Crippen MR) is 62.1 cm³/mol. The van der Waals surface area contributed by atoms with Gasteiger partial charge in [0.15, 0.2) is 0 Å². The van der Waals surface area contributed by atoms with E-state index in [1.807, 2.05) is 42.5 Å². The van der Waals surface area contributed by atoms with Gasteiger partial charge in [-0.1, -0.05) is 43.4 Å². The largest absolute Gasteiger partial charge is 0.347 e. The Morgan fingerprint density at radius 2 is 2.08 bits per heavy atom. The maximum absolute atomic E-state index is 5.10. The molecule has 0 saturated heterocycles. The normalized spacial score (nSPS) is 10.2. The Morgan fingerprint density at radius 1 is 1.38 bits per heavy atom. The summed E-state index contributed by atoms with van der Waals surface area (Å²) in [6.07, 6.45) is 4.97. The molecular weight excluding hydrogens is 178 g/mol. The molecule has 0 spiro atoms. The zero-order chi connectivity index (χ0) is 9.52. The Balaban J connectivity index is 2.50. The summed E-state index contributed by atoms with van der Waals surface area (Å²) < 4.78 is 0. The van der Waals surface area contributed by atoms with Crippen LogP contribution in [-0.2, 0) is 0 Å². The van der Waals surface area contributed by atoms with Gasteiger partial charge in [-0.2, -0.15) is 0 Å². The molecule has 0 atom stereocenters. The average molecular weight is 191 g/mol. The molecule has 13 heavy (non-hydrogen) atoms. The van der Waals surface area contributed by atoms with Crippen LogP contribution < -0.4 is 5.32 Å². The molecule has 0 saturated carbocycles. The minimum absolute atomic E-state index is 0.757. The van der Waals surface area contributed by atoms with Crippen LogP contribution in [0.15, 0.2) is 42.5 Å². The summed E-state index contributed by atoms with van der Waals surface area (Å²) >= 11 is 5.10. The lowest BCUT2D eigenvalue weighted by Gasteiger charge is -2.02. The predicted octanol–water partition coefficient (Wildman–Crippen LogP) is 3.39. The van der Waals surface area contributed by atoms with E-state index in [2.05, 4.69) is 12.2 Å². The quantitative estimate of drug-likeness (QED) is 0.580. The average Bonchev–Trinajstić information content (AvgIpc) is 2.16. The fourth-order valence-corrected chi connectivity index (χ4v) is 1.14. The van der Waals surface area contributed by atoms with E-state index in [1.165, 1.54) is 0 Å². The molecule has 2 heteroatoms. The van der Waals surface area contributed by atoms with E-state index in [0.717, 1.165) is 17.1 Å². The number of nitrogens with one attached hydrogen (secondary N) is 1. The van der Waals surface area contributed by atoms with Gasteiger partial charge in [-0.25, -0.2) is 0 Å². The van der Waals surface area contributed by atoms with E-state index >= 15 is 0 Å². The zero-order valence-electron chi connectivity index (χ0n) is 7.66. The number of anilines is 1. The first-order valence-electron chi connectivity index (χ1n) is 4.35. The van der Waals surface area contributed by atoms with Crippen molar-refractivity contribution in [3.05, 3.63) is 42.5 Å². The van der Waals surface area contributed by atoms with E-state index < -0.39 is 0 Å². The van der Waals surface area contributed by atoms with Crippen LogP contribution in [0.4, 0.5) is 5.69 Å². The number of para-hydroxylation sites is 1. The minimum Gasteiger partial charge on any atom is -0.347 e. The zero-order valence-corrected chi connectivity index (χ0v) is 8.47. The molecule has 1 nitrogen and oxygen atoms in total. The highest BCUT2D eigenvalue weighted by molar-refractivity contribution is 7.81. The molecule has 1 N–H and O–H groups in total. The lowest BCUT2D eigenvalue weighted by atomic mass is 10.3. The van der Waals surface area contributed by atoms with E-state index in [1.54, 1.807) is 0 Å². The summed E-state index contributed by atoms with van der Waals surface area (Å²) in [4.78, 5) is 0.757. The number of hydrogen-bond acceptors (Lipinski definition) is 1. The van der Waals surface area contributed by atoms with Gasteiger partial charge in [0, 0.05) is 5.69 Å². The Hall–Kier alpha value is -1.15. The molecule has 1 aromatic rings. The highest BCUT2D eigenvalue weighted by Gasteiger charge is 1.90. The topological polar surface area (TPSA) is 12.0 Å². The Bertz CT molecular complexity index is 290. The van der Waals surface area contributed by atoms with Crippen molar-refractivity contribution >= 4 is 22.9 Å². The molecule has 1 aromatic carbocycles. The van der Waals surface area contributed by atoms with Gasteiger partial charge in [-0.3, -0.25) is 0 Å². The van der Waals surface area contributed by atoms with Gasteiger partial charge >= 0.3 is 0 Å². The third-order valence-corrected chi connectivity index (χ3v) is 1.78. The fraction of sp³-hybridized carbons (Fsp3) is 0.182. The molecule has 0 radical (unpaired) electrons. The first kappa shape index (κ1) is 9.93. The fourth-order valence-electron chi connectivity index (χ4n) is 0.930. The summed E-state index contributed by atoms with van der Waals surface area (Å²) in [5.74, 6) is 0. The lowest BCUT2D eigenvalue weighted by molar-refractivity contribution is 1.23. The standard InChI is InChI=1S/C11H13NS/c1-2-3-9-11(13)12-10-7-5-4-6-8-10/h3-9H,2H2,1H3,(H,12,13)/b9-3+. The third kappa shape index (κ3) is 3.85. The molecule has 0 unspecified atom stereocenters. The van der Waals surface area contributed by atoms with Gasteiger partial charge in [0.25, 0.3) is 0 Å². The lowest BCUT2D eigenvalue weighted by Crippen LogP contribution is -2.04. The van der Waals surface area contributed by atoms with Crippen LogP contribution in [0.3, 0.4) is 0 Å². The van der Waals surface area contributed by atoms with Crippen LogP contribution >= 0.6 is 12.2 Å². The van der Waals surface area contributed by atoms with Crippen LogP contribution in [-0.4, -0.2) is 4.99 Å². The first-order valence-corrected chi connectivity index (χ1v) is 4.76. The van der Waals surface area contributed by atoms with E-state index in [4.69, 9.17) is 12.2 Å². The second-order valence-corrected chi connectivity index (χ2v) is 3.11. The monoisotopic (exact) mass is 191 g/mol. The Morgan fingerprint density at radius 3 is 2.69 bits per heavy atom. The van der Waals surface area contributed by atoms with Gasteiger partial charge in [0.05, 0.1) is 0 Å². The maximum atomic E-state index is 5.10. The maximum Gasteiger partial charge on any atom is 0.103 e. The summed E-state index contributed by atoms with van der Waals surface area (Å²) in [7, 11) is 0. The molecule has 0 heterocycles. The molecular formula is C11H13NS. The SMILES string of the molecule is CC/C=C/C(=S)Nc1ccccc1. The number of hydrogen-bond donors (Lipinski definition) is 1. The minimum atomic E-state index is 0.757. The molecule has 0 fully saturated rings. The van der Waals surface area contributed by atoms with E-state index in [0.29, 0.717) is 0 Å². The number of thiocarbonyl (C=S) groups is 1. The van der Waals surface area contributed by atoms with Crippen LogP contribution in [0.5, 0.6) is 0 Å². The van der Waals surface area contributed by atoms with Crippen molar-refractivity contribution < 1.29 is 0 Å². The van der Waals surface area contributed by atoms with Gasteiger partial charge in [0.2, 0.25) is 0 Å². The van der Waals surface area contributed by atoms with Crippen LogP contribution in [0.1, 0.15) is 13.3 Å². The molecule has 0 aromatic heterocycles. The highest BCUT2D eigenvalue weighted by Crippen LogP contribution is 2.05. The second-order valence-electron chi connectivity index (χ2n) is 2.67.